The molecule has 1 aromatic carbocycles. The van der Waals surface area contributed by atoms with E-state index >= 15 is 0 Å². The molecule has 3 N–H and O–H groups in total. The monoisotopic (exact) mass is 467 g/mol. The van der Waals surface area contributed by atoms with Gasteiger partial charge in [0, 0.05) is 25.2 Å². The van der Waals surface area contributed by atoms with Crippen molar-refractivity contribution < 1.29 is 13.2 Å². The summed E-state index contributed by atoms with van der Waals surface area (Å²) in [6.45, 7) is 3.11. The number of ether oxygens (including phenoxy) is 1. The van der Waals surface area contributed by atoms with E-state index in [9.17, 15) is 8.42 Å². The summed E-state index contributed by atoms with van der Waals surface area (Å²) in [5.41, 5.74) is 7.98. The number of benzene rings is 1. The van der Waals surface area contributed by atoms with Crippen LogP contribution in [0.4, 0.5) is 5.69 Å². The second-order valence-corrected chi connectivity index (χ2v) is 8.36. The van der Waals surface area contributed by atoms with E-state index in [4.69, 9.17) is 10.5 Å². The zero-order valence-corrected chi connectivity index (χ0v) is 17.3. The molecule has 1 saturated heterocycles. The molecule has 136 valence electrons. The number of sulfone groups is 1. The summed E-state index contributed by atoms with van der Waals surface area (Å²) in [4.78, 5) is 4.29. The highest BCUT2D eigenvalue weighted by Gasteiger charge is 2.42. The minimum Gasteiger partial charge on any atom is -0.381 e. The van der Waals surface area contributed by atoms with Gasteiger partial charge < -0.3 is 15.8 Å². The van der Waals surface area contributed by atoms with Gasteiger partial charge in [0.05, 0.1) is 11.3 Å². The van der Waals surface area contributed by atoms with E-state index in [0.717, 1.165) is 12.1 Å². The van der Waals surface area contributed by atoms with Crippen molar-refractivity contribution in [2.24, 2.45) is 10.7 Å². The van der Waals surface area contributed by atoms with Crippen molar-refractivity contribution in [3.05, 3.63) is 29.8 Å². The molecule has 0 amide bonds. The van der Waals surface area contributed by atoms with Gasteiger partial charge in [-0.15, -0.1) is 24.0 Å². The highest BCUT2D eigenvalue weighted by molar-refractivity contribution is 14.0. The topological polar surface area (TPSA) is 93.8 Å². The van der Waals surface area contributed by atoms with Crippen molar-refractivity contribution in [2.45, 2.75) is 30.9 Å². The molecule has 0 unspecified atom stereocenters. The summed E-state index contributed by atoms with van der Waals surface area (Å²) >= 11 is 0. The minimum absolute atomic E-state index is 0. The van der Waals surface area contributed by atoms with Gasteiger partial charge in [0.2, 0.25) is 0 Å². The van der Waals surface area contributed by atoms with Crippen molar-refractivity contribution in [1.29, 1.82) is 0 Å². The number of hydrogen-bond acceptors (Lipinski definition) is 4. The minimum atomic E-state index is -3.24. The summed E-state index contributed by atoms with van der Waals surface area (Å²) in [5.74, 6) is 0.229. The molecule has 1 aliphatic rings. The number of hydrogen-bond donors (Lipinski definition) is 2. The lowest BCUT2D eigenvalue weighted by molar-refractivity contribution is 0.0768. The van der Waals surface area contributed by atoms with E-state index in [-0.39, 0.29) is 36.5 Å². The Morgan fingerprint density at radius 1 is 1.38 bits per heavy atom. The first-order chi connectivity index (χ1) is 10.9. The van der Waals surface area contributed by atoms with Crippen LogP contribution < -0.4 is 11.1 Å². The van der Waals surface area contributed by atoms with Crippen molar-refractivity contribution in [2.75, 3.05) is 31.3 Å². The molecule has 1 fully saturated rings. The molecule has 2 rings (SSSR count). The van der Waals surface area contributed by atoms with Gasteiger partial charge >= 0.3 is 0 Å². The standard InChI is InChI=1S/C16H25N3O3S.HI/c1-3-13-5-4-6-14(11-13)19-15(17)18-12-16(23(2,20)21)7-9-22-10-8-16;/h4-6,11H,3,7-10,12H2,1-2H3,(H3,17,18,19);1H. The molecule has 0 aliphatic carbocycles. The van der Waals surface area contributed by atoms with Gasteiger partial charge in [0.15, 0.2) is 15.8 Å². The summed E-state index contributed by atoms with van der Waals surface area (Å²) < 4.78 is 28.8. The maximum absolute atomic E-state index is 12.2. The van der Waals surface area contributed by atoms with Crippen LogP contribution in [0.5, 0.6) is 0 Å². The fourth-order valence-corrected chi connectivity index (χ4v) is 3.88. The number of nitrogens with zero attached hydrogens (tertiary/aromatic N) is 1. The zero-order valence-electron chi connectivity index (χ0n) is 14.1. The van der Waals surface area contributed by atoms with Crippen molar-refractivity contribution in [3.8, 4) is 0 Å². The van der Waals surface area contributed by atoms with Crippen LogP contribution in [-0.4, -0.2) is 45.1 Å². The molecular weight excluding hydrogens is 441 g/mol. The molecule has 1 heterocycles. The van der Waals surface area contributed by atoms with Crippen molar-refractivity contribution >= 4 is 45.5 Å². The fourth-order valence-electron chi connectivity index (χ4n) is 2.68. The van der Waals surface area contributed by atoms with Crippen LogP contribution in [0.3, 0.4) is 0 Å². The molecule has 0 aromatic heterocycles. The maximum Gasteiger partial charge on any atom is 0.193 e. The third-order valence-corrected chi connectivity index (χ3v) is 6.45. The Hall–Kier alpha value is -0.870. The summed E-state index contributed by atoms with van der Waals surface area (Å²) in [6.07, 6.45) is 3.10. The molecule has 24 heavy (non-hydrogen) atoms. The van der Waals surface area contributed by atoms with Crippen LogP contribution in [0.1, 0.15) is 25.3 Å². The van der Waals surface area contributed by atoms with Crippen LogP contribution in [-0.2, 0) is 21.0 Å². The number of aryl methyl sites for hydroxylation is 1. The third-order valence-electron chi connectivity index (χ3n) is 4.34. The van der Waals surface area contributed by atoms with E-state index in [1.54, 1.807) is 0 Å². The maximum atomic E-state index is 12.2. The molecule has 1 aliphatic heterocycles. The highest BCUT2D eigenvalue weighted by Crippen LogP contribution is 2.29. The predicted octanol–water partition coefficient (Wildman–Crippen LogP) is 2.19. The van der Waals surface area contributed by atoms with E-state index in [1.165, 1.54) is 11.8 Å². The second kappa shape index (κ2) is 9.00. The lowest BCUT2D eigenvalue weighted by Gasteiger charge is -2.34. The van der Waals surface area contributed by atoms with Gasteiger partial charge in [-0.1, -0.05) is 19.1 Å². The Morgan fingerprint density at radius 3 is 2.62 bits per heavy atom. The lowest BCUT2D eigenvalue weighted by Crippen LogP contribution is -2.46. The number of aliphatic imine (C=N–C) groups is 1. The fraction of sp³-hybridized carbons (Fsp3) is 0.562. The SMILES string of the molecule is CCc1cccc(NC(N)=NCC2(S(C)(=O)=O)CCOCC2)c1.I. The van der Waals surface area contributed by atoms with Crippen LogP contribution in [0.2, 0.25) is 0 Å². The first-order valence-corrected chi connectivity index (χ1v) is 9.69. The first-order valence-electron chi connectivity index (χ1n) is 7.79. The molecule has 6 nitrogen and oxygen atoms in total. The van der Waals surface area contributed by atoms with Crippen LogP contribution in [0, 0.1) is 0 Å². The molecule has 1 aromatic rings. The van der Waals surface area contributed by atoms with Crippen LogP contribution >= 0.6 is 24.0 Å². The van der Waals surface area contributed by atoms with Gasteiger partial charge in [-0.05, 0) is 37.0 Å². The van der Waals surface area contributed by atoms with Gasteiger partial charge in [-0.25, -0.2) is 8.42 Å². The van der Waals surface area contributed by atoms with E-state index in [1.807, 2.05) is 24.3 Å². The van der Waals surface area contributed by atoms with Crippen LogP contribution in [0.15, 0.2) is 29.3 Å². The number of nitrogens with two attached hydrogens (primary N) is 1. The van der Waals surface area contributed by atoms with E-state index < -0.39 is 14.6 Å². The Bertz CT molecular complexity index is 671. The summed E-state index contributed by atoms with van der Waals surface area (Å²) in [5, 5.41) is 3.03. The molecule has 0 bridgehead atoms. The smallest absolute Gasteiger partial charge is 0.193 e. The number of anilines is 1. The van der Waals surface area contributed by atoms with Gasteiger partial charge in [-0.3, -0.25) is 4.99 Å². The molecule has 0 saturated carbocycles. The van der Waals surface area contributed by atoms with E-state index in [0.29, 0.717) is 26.1 Å². The Balaban J connectivity index is 0.00000288. The number of halogens is 1. The molecule has 0 spiro atoms. The summed E-state index contributed by atoms with van der Waals surface area (Å²) in [7, 11) is -3.24. The van der Waals surface area contributed by atoms with Crippen LogP contribution in [0.25, 0.3) is 0 Å². The Morgan fingerprint density at radius 2 is 2.04 bits per heavy atom. The predicted molar refractivity (Wildman–Crippen MR) is 109 cm³/mol. The average molecular weight is 467 g/mol. The molecule has 0 radical (unpaired) electrons. The van der Waals surface area contributed by atoms with Gasteiger partial charge in [0.1, 0.15) is 0 Å². The largest absolute Gasteiger partial charge is 0.381 e. The average Bonchev–Trinajstić information content (AvgIpc) is 2.53. The molecular formula is C16H26IN3O3S. The number of rotatable bonds is 5. The second-order valence-electron chi connectivity index (χ2n) is 5.95. The van der Waals surface area contributed by atoms with Crippen molar-refractivity contribution in [1.82, 2.24) is 0 Å². The van der Waals surface area contributed by atoms with E-state index in [2.05, 4.69) is 17.2 Å². The Labute approximate surface area is 161 Å². The Kier molecular flexibility index (Phi) is 7.94. The first kappa shape index (κ1) is 21.2. The molecule has 8 heteroatoms. The normalized spacial score (nSPS) is 17.8. The number of guanidine groups is 1. The lowest BCUT2D eigenvalue weighted by atomic mass is 9.99. The van der Waals surface area contributed by atoms with Gasteiger partial charge in [0.25, 0.3) is 0 Å². The molecule has 0 atom stereocenters. The van der Waals surface area contributed by atoms with Gasteiger partial charge in [-0.2, -0.15) is 0 Å². The highest BCUT2D eigenvalue weighted by atomic mass is 127. The summed E-state index contributed by atoms with van der Waals surface area (Å²) in [6, 6.07) is 7.90. The quantitative estimate of drug-likeness (QED) is 0.394. The van der Waals surface area contributed by atoms with Crippen molar-refractivity contribution in [3.63, 3.8) is 0 Å². The number of nitrogens with one attached hydrogen (secondary N) is 1. The zero-order chi connectivity index (χ0) is 16.9. The third kappa shape index (κ3) is 5.32.